The summed E-state index contributed by atoms with van der Waals surface area (Å²) in [7, 11) is 0. The Morgan fingerprint density at radius 3 is 3.00 bits per heavy atom. The van der Waals surface area contributed by atoms with Crippen molar-refractivity contribution >= 4 is 23.0 Å². The van der Waals surface area contributed by atoms with E-state index in [0.29, 0.717) is 11.1 Å². The summed E-state index contributed by atoms with van der Waals surface area (Å²) in [5.41, 5.74) is 0.755. The van der Waals surface area contributed by atoms with Crippen LogP contribution in [0.15, 0.2) is 18.2 Å². The van der Waals surface area contributed by atoms with Crippen molar-refractivity contribution in [3.8, 4) is 0 Å². The van der Waals surface area contributed by atoms with Gasteiger partial charge in [0.1, 0.15) is 0 Å². The van der Waals surface area contributed by atoms with Crippen molar-refractivity contribution in [2.45, 2.75) is 18.9 Å². The largest absolute Gasteiger partial charge is 0.382 e. The number of benzene rings is 1. The highest BCUT2D eigenvalue weighted by Gasteiger charge is 2.14. The van der Waals surface area contributed by atoms with Gasteiger partial charge < -0.3 is 10.6 Å². The first-order chi connectivity index (χ1) is 8.16. The van der Waals surface area contributed by atoms with Gasteiger partial charge in [0.2, 0.25) is 0 Å². The lowest BCUT2D eigenvalue weighted by atomic mass is 10.2. The fraction of sp³-hybridized carbons (Fsp3) is 0.455. The smallest absolute Gasteiger partial charge is 0.271 e. The number of halogens is 1. The van der Waals surface area contributed by atoms with Crippen molar-refractivity contribution in [3.63, 3.8) is 0 Å². The van der Waals surface area contributed by atoms with E-state index in [0.717, 1.165) is 25.2 Å². The maximum absolute atomic E-state index is 10.5. The minimum Gasteiger partial charge on any atom is -0.382 e. The Hall–Kier alpha value is -1.33. The van der Waals surface area contributed by atoms with Crippen molar-refractivity contribution in [1.29, 1.82) is 0 Å². The first kappa shape index (κ1) is 12.1. The van der Waals surface area contributed by atoms with Crippen LogP contribution in [0.3, 0.4) is 0 Å². The lowest BCUT2D eigenvalue weighted by Crippen LogP contribution is -2.29. The van der Waals surface area contributed by atoms with Crippen molar-refractivity contribution < 1.29 is 4.92 Å². The second kappa shape index (κ2) is 5.33. The Kier molecular flexibility index (Phi) is 3.81. The molecule has 1 atom stereocenters. The summed E-state index contributed by atoms with van der Waals surface area (Å²) in [6.07, 6.45) is 2.35. The molecule has 0 aliphatic carbocycles. The summed E-state index contributed by atoms with van der Waals surface area (Å²) in [5, 5.41) is 17.5. The molecule has 0 amide bonds. The van der Waals surface area contributed by atoms with Crippen molar-refractivity contribution in [3.05, 3.63) is 33.3 Å². The van der Waals surface area contributed by atoms with E-state index in [9.17, 15) is 10.1 Å². The second-order valence-corrected chi connectivity index (χ2v) is 4.50. The number of nitrogens with one attached hydrogen (secondary N) is 2. The zero-order valence-electron chi connectivity index (χ0n) is 9.28. The highest BCUT2D eigenvalue weighted by molar-refractivity contribution is 6.33. The van der Waals surface area contributed by atoms with E-state index in [-0.39, 0.29) is 5.69 Å². The average Bonchev–Trinajstić information content (AvgIpc) is 2.80. The van der Waals surface area contributed by atoms with Crippen LogP contribution in [-0.4, -0.2) is 24.1 Å². The van der Waals surface area contributed by atoms with Gasteiger partial charge in [-0.1, -0.05) is 11.6 Å². The van der Waals surface area contributed by atoms with Crippen molar-refractivity contribution in [1.82, 2.24) is 5.32 Å². The van der Waals surface area contributed by atoms with E-state index in [1.54, 1.807) is 6.07 Å². The lowest BCUT2D eigenvalue weighted by Gasteiger charge is -2.13. The summed E-state index contributed by atoms with van der Waals surface area (Å²) in [5.74, 6) is 0. The second-order valence-electron chi connectivity index (χ2n) is 4.10. The molecule has 2 N–H and O–H groups in total. The van der Waals surface area contributed by atoms with Crippen LogP contribution in [-0.2, 0) is 0 Å². The molecule has 2 rings (SSSR count). The summed E-state index contributed by atoms with van der Waals surface area (Å²) < 4.78 is 0. The Morgan fingerprint density at radius 1 is 1.59 bits per heavy atom. The molecule has 1 aromatic rings. The van der Waals surface area contributed by atoms with E-state index in [2.05, 4.69) is 10.6 Å². The van der Waals surface area contributed by atoms with Crippen LogP contribution >= 0.6 is 11.6 Å². The van der Waals surface area contributed by atoms with Gasteiger partial charge in [0.25, 0.3) is 5.69 Å². The van der Waals surface area contributed by atoms with Crippen LogP contribution in [0.1, 0.15) is 12.8 Å². The maximum atomic E-state index is 10.5. The number of nitrogens with zero attached hydrogens (tertiary/aromatic N) is 1. The van der Waals surface area contributed by atoms with Crippen LogP contribution in [0.25, 0.3) is 0 Å². The standard InChI is InChI=1S/C11H14ClN3O2/c12-10-6-9(15(16)17)3-4-11(10)14-7-8-2-1-5-13-8/h3-4,6,8,13-14H,1-2,5,7H2. The quantitative estimate of drug-likeness (QED) is 0.640. The van der Waals surface area contributed by atoms with E-state index in [4.69, 9.17) is 11.6 Å². The Labute approximate surface area is 104 Å². The third kappa shape index (κ3) is 3.08. The minimum atomic E-state index is -0.450. The number of hydrogen-bond donors (Lipinski definition) is 2. The van der Waals surface area contributed by atoms with Crippen LogP contribution in [0, 0.1) is 10.1 Å². The minimum absolute atomic E-state index is 0.0135. The monoisotopic (exact) mass is 255 g/mol. The van der Waals surface area contributed by atoms with Gasteiger partial charge in [-0.05, 0) is 25.5 Å². The first-order valence-corrected chi connectivity index (χ1v) is 5.96. The van der Waals surface area contributed by atoms with Gasteiger partial charge in [-0.2, -0.15) is 0 Å². The summed E-state index contributed by atoms with van der Waals surface area (Å²) >= 11 is 5.97. The predicted octanol–water partition coefficient (Wildman–Crippen LogP) is 2.41. The number of nitro benzene ring substituents is 1. The molecule has 1 aliphatic heterocycles. The molecule has 1 aromatic carbocycles. The highest BCUT2D eigenvalue weighted by atomic mass is 35.5. The normalized spacial score (nSPS) is 19.2. The lowest BCUT2D eigenvalue weighted by molar-refractivity contribution is -0.384. The molecule has 0 spiro atoms. The maximum Gasteiger partial charge on any atom is 0.271 e. The zero-order valence-corrected chi connectivity index (χ0v) is 10.0. The van der Waals surface area contributed by atoms with Gasteiger partial charge in [-0.15, -0.1) is 0 Å². The van der Waals surface area contributed by atoms with Gasteiger partial charge in [0, 0.05) is 24.7 Å². The van der Waals surface area contributed by atoms with Gasteiger partial charge in [0.15, 0.2) is 0 Å². The van der Waals surface area contributed by atoms with Gasteiger partial charge in [-0.3, -0.25) is 10.1 Å². The molecule has 92 valence electrons. The number of hydrogen-bond acceptors (Lipinski definition) is 4. The number of anilines is 1. The van der Waals surface area contributed by atoms with Gasteiger partial charge >= 0.3 is 0 Å². The number of non-ortho nitro benzene ring substituents is 1. The molecule has 1 heterocycles. The van der Waals surface area contributed by atoms with Crippen LogP contribution in [0.4, 0.5) is 11.4 Å². The molecule has 1 unspecified atom stereocenters. The molecule has 0 aromatic heterocycles. The van der Waals surface area contributed by atoms with E-state index in [1.807, 2.05) is 0 Å². The fourth-order valence-electron chi connectivity index (χ4n) is 1.93. The van der Waals surface area contributed by atoms with Crippen molar-refractivity contribution in [2.75, 3.05) is 18.4 Å². The SMILES string of the molecule is O=[N+]([O-])c1ccc(NCC2CCCN2)c(Cl)c1. The fourth-order valence-corrected chi connectivity index (χ4v) is 2.17. The molecular formula is C11H14ClN3O2. The van der Waals surface area contributed by atoms with E-state index < -0.39 is 4.92 Å². The highest BCUT2D eigenvalue weighted by Crippen LogP contribution is 2.26. The molecule has 1 aliphatic rings. The molecule has 0 bridgehead atoms. The first-order valence-electron chi connectivity index (χ1n) is 5.58. The summed E-state index contributed by atoms with van der Waals surface area (Å²) in [6.45, 7) is 1.85. The van der Waals surface area contributed by atoms with Crippen LogP contribution in [0.5, 0.6) is 0 Å². The topological polar surface area (TPSA) is 67.2 Å². The molecule has 5 nitrogen and oxygen atoms in total. The Bertz CT molecular complexity index is 419. The van der Waals surface area contributed by atoms with Crippen LogP contribution in [0.2, 0.25) is 5.02 Å². The van der Waals surface area contributed by atoms with Crippen molar-refractivity contribution in [2.24, 2.45) is 0 Å². The molecular weight excluding hydrogens is 242 g/mol. The van der Waals surface area contributed by atoms with Gasteiger partial charge in [0.05, 0.1) is 15.6 Å². The molecule has 1 fully saturated rings. The molecule has 17 heavy (non-hydrogen) atoms. The van der Waals surface area contributed by atoms with E-state index >= 15 is 0 Å². The average molecular weight is 256 g/mol. The summed E-state index contributed by atoms with van der Waals surface area (Å²) in [4.78, 5) is 10.1. The molecule has 0 saturated carbocycles. The zero-order chi connectivity index (χ0) is 12.3. The molecule has 1 saturated heterocycles. The molecule has 0 radical (unpaired) electrons. The third-order valence-corrected chi connectivity index (χ3v) is 3.18. The number of rotatable bonds is 4. The Morgan fingerprint density at radius 2 is 2.41 bits per heavy atom. The van der Waals surface area contributed by atoms with E-state index in [1.165, 1.54) is 18.6 Å². The number of nitro groups is 1. The Balaban J connectivity index is 1.98. The predicted molar refractivity (Wildman–Crippen MR) is 67.6 cm³/mol. The van der Waals surface area contributed by atoms with Crippen LogP contribution < -0.4 is 10.6 Å². The third-order valence-electron chi connectivity index (χ3n) is 2.86. The molecule has 6 heteroatoms. The summed E-state index contributed by atoms with van der Waals surface area (Å²) in [6, 6.07) is 4.93. The van der Waals surface area contributed by atoms with Gasteiger partial charge in [-0.25, -0.2) is 0 Å².